The van der Waals surface area contributed by atoms with Crippen LogP contribution in [-0.4, -0.2) is 30.4 Å². The van der Waals surface area contributed by atoms with Gasteiger partial charge in [-0.15, -0.1) is 0 Å². The van der Waals surface area contributed by atoms with E-state index < -0.39 is 0 Å². The van der Waals surface area contributed by atoms with E-state index >= 15 is 0 Å². The molecule has 0 heterocycles. The van der Waals surface area contributed by atoms with Gasteiger partial charge < -0.3 is 9.64 Å². The van der Waals surface area contributed by atoms with Gasteiger partial charge in [0.05, 0.1) is 23.6 Å². The fraction of sp³-hybridized carbons (Fsp3) is 0.263. The lowest BCUT2D eigenvalue weighted by Crippen LogP contribution is -2.32. The van der Waals surface area contributed by atoms with E-state index in [0.29, 0.717) is 22.2 Å². The maximum absolute atomic E-state index is 12.9. The minimum atomic E-state index is -0.365. The van der Waals surface area contributed by atoms with Crippen molar-refractivity contribution in [2.75, 3.05) is 13.7 Å². The van der Waals surface area contributed by atoms with Gasteiger partial charge in [0.2, 0.25) is 0 Å². The quantitative estimate of drug-likeness (QED) is 0.693. The predicted octanol–water partition coefficient (Wildman–Crippen LogP) is 4.51. The Labute approximate surface area is 157 Å². The molecule has 25 heavy (non-hydrogen) atoms. The lowest BCUT2D eigenvalue weighted by Gasteiger charge is -2.23. The second-order valence-corrected chi connectivity index (χ2v) is 6.48. The average Bonchev–Trinajstić information content (AvgIpc) is 2.61. The van der Waals surface area contributed by atoms with Crippen molar-refractivity contribution in [2.24, 2.45) is 0 Å². The molecule has 0 atom stereocenters. The Balaban J connectivity index is 2.22. The monoisotopic (exact) mass is 379 g/mol. The first-order valence-electron chi connectivity index (χ1n) is 7.77. The van der Waals surface area contributed by atoms with Crippen molar-refractivity contribution in [1.29, 1.82) is 0 Å². The third-order valence-corrected chi connectivity index (χ3v) is 4.50. The van der Waals surface area contributed by atoms with Crippen molar-refractivity contribution >= 4 is 35.1 Å². The molecule has 0 spiro atoms. The molecule has 0 fully saturated rings. The Morgan fingerprint density at radius 3 is 2.32 bits per heavy atom. The molecular weight excluding hydrogens is 361 g/mol. The Bertz CT molecular complexity index is 760. The van der Waals surface area contributed by atoms with E-state index in [4.69, 9.17) is 23.2 Å². The van der Waals surface area contributed by atoms with Crippen LogP contribution in [0.3, 0.4) is 0 Å². The second-order valence-electron chi connectivity index (χ2n) is 5.67. The minimum Gasteiger partial charge on any atom is -0.469 e. The predicted molar refractivity (Wildman–Crippen MR) is 99.0 cm³/mol. The fourth-order valence-corrected chi connectivity index (χ4v) is 2.60. The zero-order valence-corrected chi connectivity index (χ0v) is 15.6. The van der Waals surface area contributed by atoms with Gasteiger partial charge in [0.15, 0.2) is 0 Å². The highest BCUT2D eigenvalue weighted by atomic mass is 35.5. The summed E-state index contributed by atoms with van der Waals surface area (Å²) in [7, 11) is 1.33. The Hall–Kier alpha value is -2.04. The first kappa shape index (κ1) is 19.3. The zero-order chi connectivity index (χ0) is 18.4. The number of ether oxygens (including phenoxy) is 1. The summed E-state index contributed by atoms with van der Waals surface area (Å²) in [6.45, 7) is 2.63. The molecule has 0 saturated carbocycles. The number of amides is 1. The van der Waals surface area contributed by atoms with E-state index in [1.807, 2.05) is 31.2 Å². The van der Waals surface area contributed by atoms with Gasteiger partial charge in [0.1, 0.15) is 0 Å². The molecule has 0 bridgehead atoms. The van der Waals surface area contributed by atoms with Crippen molar-refractivity contribution in [3.05, 3.63) is 69.2 Å². The molecule has 0 radical (unpaired) electrons. The Kier molecular flexibility index (Phi) is 6.85. The topological polar surface area (TPSA) is 46.6 Å². The SMILES string of the molecule is COC(=O)CCN(Cc1ccc(C)cc1)C(=O)c1ccc(Cl)c(Cl)c1. The summed E-state index contributed by atoms with van der Waals surface area (Å²) in [4.78, 5) is 25.9. The molecule has 0 unspecified atom stereocenters. The van der Waals surface area contributed by atoms with E-state index in [1.165, 1.54) is 13.2 Å². The first-order chi connectivity index (χ1) is 11.9. The molecule has 0 aromatic heterocycles. The van der Waals surface area contributed by atoms with Crippen LogP contribution in [0.5, 0.6) is 0 Å². The molecular formula is C19H19Cl2NO3. The summed E-state index contributed by atoms with van der Waals surface area (Å²) < 4.78 is 4.67. The minimum absolute atomic E-state index is 0.120. The van der Waals surface area contributed by atoms with Crippen molar-refractivity contribution in [3.63, 3.8) is 0 Å². The van der Waals surface area contributed by atoms with E-state index in [-0.39, 0.29) is 24.8 Å². The van der Waals surface area contributed by atoms with Gasteiger partial charge in [-0.25, -0.2) is 0 Å². The first-order valence-corrected chi connectivity index (χ1v) is 8.53. The summed E-state index contributed by atoms with van der Waals surface area (Å²) in [6.07, 6.45) is 0.120. The van der Waals surface area contributed by atoms with Crippen molar-refractivity contribution in [3.8, 4) is 0 Å². The molecule has 1 amide bonds. The highest BCUT2D eigenvalue weighted by Crippen LogP contribution is 2.23. The maximum Gasteiger partial charge on any atom is 0.307 e. The highest BCUT2D eigenvalue weighted by molar-refractivity contribution is 6.42. The Morgan fingerprint density at radius 1 is 1.04 bits per heavy atom. The number of rotatable bonds is 6. The molecule has 0 aliphatic carbocycles. The number of halogens is 2. The number of benzene rings is 2. The third kappa shape index (κ3) is 5.48. The maximum atomic E-state index is 12.9. The van der Waals surface area contributed by atoms with Crippen LogP contribution in [0.25, 0.3) is 0 Å². The largest absolute Gasteiger partial charge is 0.469 e. The van der Waals surface area contributed by atoms with Crippen molar-refractivity contribution in [2.45, 2.75) is 19.9 Å². The third-order valence-electron chi connectivity index (χ3n) is 3.76. The molecule has 0 N–H and O–H groups in total. The number of carbonyl (C=O) groups is 2. The molecule has 132 valence electrons. The van der Waals surface area contributed by atoms with Crippen LogP contribution in [0.2, 0.25) is 10.0 Å². The fourth-order valence-electron chi connectivity index (χ4n) is 2.31. The smallest absolute Gasteiger partial charge is 0.307 e. The molecule has 4 nitrogen and oxygen atoms in total. The van der Waals surface area contributed by atoms with Crippen LogP contribution in [0.1, 0.15) is 27.9 Å². The Morgan fingerprint density at radius 2 is 1.72 bits per heavy atom. The molecule has 0 aliphatic rings. The lowest BCUT2D eigenvalue weighted by atomic mass is 10.1. The van der Waals surface area contributed by atoms with Crippen molar-refractivity contribution in [1.82, 2.24) is 4.90 Å². The number of hydrogen-bond donors (Lipinski definition) is 0. The van der Waals surface area contributed by atoms with Crippen LogP contribution in [0.15, 0.2) is 42.5 Å². The summed E-state index contributed by atoms with van der Waals surface area (Å²) in [5.41, 5.74) is 2.54. The normalized spacial score (nSPS) is 10.4. The molecule has 2 aromatic carbocycles. The number of nitrogens with zero attached hydrogens (tertiary/aromatic N) is 1. The van der Waals surface area contributed by atoms with E-state index in [0.717, 1.165) is 11.1 Å². The van der Waals surface area contributed by atoms with Gasteiger partial charge in [-0.2, -0.15) is 0 Å². The van der Waals surface area contributed by atoms with Crippen LogP contribution >= 0.6 is 23.2 Å². The summed E-state index contributed by atoms with van der Waals surface area (Å²) in [6, 6.07) is 12.6. The average molecular weight is 380 g/mol. The van der Waals surface area contributed by atoms with E-state index in [9.17, 15) is 9.59 Å². The number of hydrogen-bond acceptors (Lipinski definition) is 3. The van der Waals surface area contributed by atoms with Crippen molar-refractivity contribution < 1.29 is 14.3 Å². The van der Waals surface area contributed by atoms with Crippen LogP contribution in [0.4, 0.5) is 0 Å². The lowest BCUT2D eigenvalue weighted by molar-refractivity contribution is -0.140. The molecule has 2 rings (SSSR count). The van der Waals surface area contributed by atoms with Gasteiger partial charge >= 0.3 is 5.97 Å². The number of carbonyl (C=O) groups excluding carboxylic acids is 2. The van der Waals surface area contributed by atoms with Crippen LogP contribution in [0, 0.1) is 6.92 Å². The number of esters is 1. The summed E-state index contributed by atoms with van der Waals surface area (Å²) in [5, 5.41) is 0.702. The van der Waals surface area contributed by atoms with E-state index in [2.05, 4.69) is 4.74 Å². The van der Waals surface area contributed by atoms with Crippen LogP contribution < -0.4 is 0 Å². The number of methoxy groups -OCH3 is 1. The standard InChI is InChI=1S/C19H19Cl2NO3/c1-13-3-5-14(6-4-13)12-22(10-9-18(23)25-2)19(24)15-7-8-16(20)17(21)11-15/h3-8,11H,9-10,12H2,1-2H3. The summed E-state index contributed by atoms with van der Waals surface area (Å²) in [5.74, 6) is -0.584. The van der Waals surface area contributed by atoms with Gasteiger partial charge in [-0.1, -0.05) is 53.0 Å². The molecule has 6 heteroatoms. The van der Waals surface area contributed by atoms with Gasteiger partial charge in [-0.3, -0.25) is 9.59 Å². The van der Waals surface area contributed by atoms with Gasteiger partial charge in [-0.05, 0) is 30.7 Å². The van der Waals surface area contributed by atoms with Gasteiger partial charge in [0, 0.05) is 18.7 Å². The molecule has 0 saturated heterocycles. The molecule has 0 aliphatic heterocycles. The van der Waals surface area contributed by atoms with Crippen LogP contribution in [-0.2, 0) is 16.1 Å². The zero-order valence-electron chi connectivity index (χ0n) is 14.1. The number of aryl methyl sites for hydroxylation is 1. The molecule has 2 aromatic rings. The summed E-state index contributed by atoms with van der Waals surface area (Å²) >= 11 is 11.9. The van der Waals surface area contributed by atoms with E-state index in [1.54, 1.807) is 17.0 Å². The van der Waals surface area contributed by atoms with Gasteiger partial charge in [0.25, 0.3) is 5.91 Å². The second kappa shape index (κ2) is 8.88. The highest BCUT2D eigenvalue weighted by Gasteiger charge is 2.18.